The van der Waals surface area contributed by atoms with Gasteiger partial charge in [-0.1, -0.05) is 39.7 Å². The lowest BCUT2D eigenvalue weighted by Gasteiger charge is -2.25. The van der Waals surface area contributed by atoms with Crippen LogP contribution in [0, 0.1) is 6.92 Å². The molecule has 2 N–H and O–H groups in total. The number of rotatable bonds is 1. The van der Waals surface area contributed by atoms with Crippen LogP contribution < -0.4 is 5.73 Å². The van der Waals surface area contributed by atoms with E-state index in [0.29, 0.717) is 0 Å². The first kappa shape index (κ1) is 12.5. The molecule has 94 valence electrons. The van der Waals surface area contributed by atoms with E-state index >= 15 is 0 Å². The molecule has 0 radical (unpaired) electrons. The summed E-state index contributed by atoms with van der Waals surface area (Å²) in [4.78, 5) is 0. The second-order valence-electron chi connectivity index (χ2n) is 6.53. The summed E-state index contributed by atoms with van der Waals surface area (Å²) in [6.45, 7) is 8.93. The number of anilines is 1. The van der Waals surface area contributed by atoms with Crippen molar-refractivity contribution in [1.82, 2.24) is 0 Å². The topological polar surface area (TPSA) is 26.0 Å². The third-order valence-corrected chi connectivity index (χ3v) is 4.04. The van der Waals surface area contributed by atoms with Crippen LogP contribution in [0.15, 0.2) is 12.1 Å². The van der Waals surface area contributed by atoms with Crippen molar-refractivity contribution < 1.29 is 0 Å². The Morgan fingerprint density at radius 3 is 2.24 bits per heavy atom. The van der Waals surface area contributed by atoms with Crippen molar-refractivity contribution >= 4 is 5.69 Å². The SMILES string of the molecule is Cc1cc(N)c(C(C)(C)C)cc1C1CCCC1. The predicted molar refractivity (Wildman–Crippen MR) is 75.5 cm³/mol. The maximum absolute atomic E-state index is 6.18. The largest absolute Gasteiger partial charge is 0.398 e. The summed E-state index contributed by atoms with van der Waals surface area (Å²) < 4.78 is 0. The molecule has 2 rings (SSSR count). The molecular weight excluding hydrogens is 206 g/mol. The summed E-state index contributed by atoms with van der Waals surface area (Å²) >= 11 is 0. The molecule has 1 aromatic carbocycles. The van der Waals surface area contributed by atoms with Gasteiger partial charge in [0.1, 0.15) is 0 Å². The van der Waals surface area contributed by atoms with Crippen LogP contribution in [0.25, 0.3) is 0 Å². The molecule has 0 saturated heterocycles. The molecule has 1 nitrogen and oxygen atoms in total. The van der Waals surface area contributed by atoms with Crippen LogP contribution in [-0.4, -0.2) is 0 Å². The van der Waals surface area contributed by atoms with Gasteiger partial charge in [0.15, 0.2) is 0 Å². The maximum atomic E-state index is 6.18. The van der Waals surface area contributed by atoms with Gasteiger partial charge in [0.2, 0.25) is 0 Å². The Morgan fingerprint density at radius 2 is 1.71 bits per heavy atom. The molecular formula is C16H25N. The summed E-state index contributed by atoms with van der Waals surface area (Å²) in [6, 6.07) is 4.55. The van der Waals surface area contributed by atoms with E-state index < -0.39 is 0 Å². The number of aryl methyl sites for hydroxylation is 1. The average molecular weight is 231 g/mol. The number of nitrogen functional groups attached to an aromatic ring is 1. The van der Waals surface area contributed by atoms with Crippen LogP contribution in [0.5, 0.6) is 0 Å². The Bertz CT molecular complexity index is 406. The fourth-order valence-corrected chi connectivity index (χ4v) is 3.07. The Labute approximate surface area is 105 Å². The second-order valence-corrected chi connectivity index (χ2v) is 6.53. The minimum atomic E-state index is 0.144. The summed E-state index contributed by atoms with van der Waals surface area (Å²) in [7, 11) is 0. The third-order valence-electron chi connectivity index (χ3n) is 4.04. The van der Waals surface area contributed by atoms with Crippen molar-refractivity contribution in [3.8, 4) is 0 Å². The molecule has 0 atom stereocenters. The van der Waals surface area contributed by atoms with Crippen molar-refractivity contribution in [2.75, 3.05) is 5.73 Å². The van der Waals surface area contributed by atoms with Crippen molar-refractivity contribution in [2.45, 2.75) is 64.7 Å². The van der Waals surface area contributed by atoms with Crippen molar-refractivity contribution in [2.24, 2.45) is 0 Å². The molecule has 1 fully saturated rings. The zero-order chi connectivity index (χ0) is 12.6. The van der Waals surface area contributed by atoms with Gasteiger partial charge < -0.3 is 5.73 Å². The molecule has 0 heterocycles. The van der Waals surface area contributed by atoms with Gasteiger partial charge in [-0.3, -0.25) is 0 Å². The number of hydrogen-bond acceptors (Lipinski definition) is 1. The van der Waals surface area contributed by atoms with Crippen molar-refractivity contribution in [1.29, 1.82) is 0 Å². The first-order valence-corrected chi connectivity index (χ1v) is 6.80. The standard InChI is InChI=1S/C16H25N/c1-11-9-15(17)14(16(2,3)4)10-13(11)12-7-5-6-8-12/h9-10,12H,5-8,17H2,1-4H3. The van der Waals surface area contributed by atoms with Crippen LogP contribution in [0.1, 0.15) is 69.1 Å². The van der Waals surface area contributed by atoms with Gasteiger partial charge in [0.25, 0.3) is 0 Å². The van der Waals surface area contributed by atoms with Gasteiger partial charge in [-0.2, -0.15) is 0 Å². The van der Waals surface area contributed by atoms with Gasteiger partial charge in [0, 0.05) is 5.69 Å². The van der Waals surface area contributed by atoms with Gasteiger partial charge >= 0.3 is 0 Å². The lowest BCUT2D eigenvalue weighted by atomic mass is 9.81. The smallest absolute Gasteiger partial charge is 0.0354 e. The van der Waals surface area contributed by atoms with E-state index in [1.165, 1.54) is 36.8 Å². The zero-order valence-corrected chi connectivity index (χ0v) is 11.6. The van der Waals surface area contributed by atoms with E-state index in [0.717, 1.165) is 11.6 Å². The highest BCUT2D eigenvalue weighted by Gasteiger charge is 2.23. The van der Waals surface area contributed by atoms with Crippen LogP contribution in [0.4, 0.5) is 5.69 Å². The van der Waals surface area contributed by atoms with Crippen LogP contribution in [-0.2, 0) is 5.41 Å². The first-order valence-electron chi connectivity index (χ1n) is 6.80. The van der Waals surface area contributed by atoms with Crippen molar-refractivity contribution in [3.05, 3.63) is 28.8 Å². The van der Waals surface area contributed by atoms with Gasteiger partial charge in [-0.15, -0.1) is 0 Å². The molecule has 0 bridgehead atoms. The monoisotopic (exact) mass is 231 g/mol. The highest BCUT2D eigenvalue weighted by Crippen LogP contribution is 2.39. The maximum Gasteiger partial charge on any atom is 0.0354 e. The van der Waals surface area contributed by atoms with Crippen LogP contribution >= 0.6 is 0 Å². The average Bonchev–Trinajstić information content (AvgIpc) is 2.68. The lowest BCUT2D eigenvalue weighted by molar-refractivity contribution is 0.589. The zero-order valence-electron chi connectivity index (χ0n) is 11.6. The summed E-state index contributed by atoms with van der Waals surface area (Å²) in [5.74, 6) is 0.775. The van der Waals surface area contributed by atoms with Crippen LogP contribution in [0.2, 0.25) is 0 Å². The Kier molecular flexibility index (Phi) is 3.20. The molecule has 1 heteroatoms. The normalized spacial score (nSPS) is 17.6. The summed E-state index contributed by atoms with van der Waals surface area (Å²) in [5, 5.41) is 0. The van der Waals surface area contributed by atoms with Gasteiger partial charge in [-0.05, 0) is 53.9 Å². The molecule has 1 aliphatic rings. The molecule has 1 aromatic rings. The summed E-state index contributed by atoms with van der Waals surface area (Å²) in [5.41, 5.74) is 11.5. The highest BCUT2D eigenvalue weighted by atomic mass is 14.6. The third kappa shape index (κ3) is 2.48. The van der Waals surface area contributed by atoms with Gasteiger partial charge in [-0.25, -0.2) is 0 Å². The predicted octanol–water partition coefficient (Wildman–Crippen LogP) is 4.53. The molecule has 0 amide bonds. The second kappa shape index (κ2) is 4.36. The Balaban J connectivity index is 2.45. The first-order chi connectivity index (χ1) is 7.89. The summed E-state index contributed by atoms with van der Waals surface area (Å²) in [6.07, 6.45) is 5.49. The fraction of sp³-hybridized carbons (Fsp3) is 0.625. The highest BCUT2D eigenvalue weighted by molar-refractivity contribution is 5.55. The number of hydrogen-bond donors (Lipinski definition) is 1. The Hall–Kier alpha value is -0.980. The lowest BCUT2D eigenvalue weighted by Crippen LogP contribution is -2.15. The molecule has 1 aliphatic carbocycles. The van der Waals surface area contributed by atoms with Gasteiger partial charge in [0.05, 0.1) is 0 Å². The van der Waals surface area contributed by atoms with E-state index in [-0.39, 0.29) is 5.41 Å². The minimum absolute atomic E-state index is 0.144. The van der Waals surface area contributed by atoms with E-state index in [1.54, 1.807) is 5.56 Å². The molecule has 17 heavy (non-hydrogen) atoms. The van der Waals surface area contributed by atoms with E-state index in [2.05, 4.69) is 39.8 Å². The van der Waals surface area contributed by atoms with E-state index in [4.69, 9.17) is 5.73 Å². The van der Waals surface area contributed by atoms with E-state index in [1.807, 2.05) is 0 Å². The van der Waals surface area contributed by atoms with Crippen LogP contribution in [0.3, 0.4) is 0 Å². The molecule has 0 aromatic heterocycles. The quantitative estimate of drug-likeness (QED) is 0.706. The molecule has 0 spiro atoms. The molecule has 0 unspecified atom stereocenters. The Morgan fingerprint density at radius 1 is 1.12 bits per heavy atom. The number of nitrogens with two attached hydrogens (primary N) is 1. The molecule has 1 saturated carbocycles. The fourth-order valence-electron chi connectivity index (χ4n) is 3.07. The van der Waals surface area contributed by atoms with E-state index in [9.17, 15) is 0 Å². The number of benzene rings is 1. The molecule has 0 aliphatic heterocycles. The van der Waals surface area contributed by atoms with Crippen molar-refractivity contribution in [3.63, 3.8) is 0 Å². The minimum Gasteiger partial charge on any atom is -0.398 e.